The lowest BCUT2D eigenvalue weighted by Crippen LogP contribution is -2.62. The molecule has 0 saturated carbocycles. The Kier molecular flexibility index (Phi) is 9.61. The van der Waals surface area contributed by atoms with E-state index in [9.17, 15) is 20.1 Å². The Morgan fingerprint density at radius 2 is 1.03 bits per heavy atom. The smallest absolute Gasteiger partial charge is 0.136 e. The van der Waals surface area contributed by atoms with Crippen LogP contribution in [0.25, 0.3) is 0 Å². The van der Waals surface area contributed by atoms with Crippen LogP contribution in [0, 0.1) is 0 Å². The second-order valence-corrected chi connectivity index (χ2v) is 14.0. The lowest BCUT2D eigenvalue weighted by atomic mass is 9.80. The highest BCUT2D eigenvalue weighted by Gasteiger charge is 2.47. The highest BCUT2D eigenvalue weighted by Crippen LogP contribution is 2.39. The van der Waals surface area contributed by atoms with Gasteiger partial charge >= 0.3 is 0 Å². The summed E-state index contributed by atoms with van der Waals surface area (Å²) < 4.78 is 0. The van der Waals surface area contributed by atoms with Crippen molar-refractivity contribution < 1.29 is 29.8 Å². The van der Waals surface area contributed by atoms with Gasteiger partial charge in [-0.05, 0) is 95.9 Å². The number of carbonyl (C=O) groups excluding carboxylic acids is 1. The van der Waals surface area contributed by atoms with E-state index in [1.165, 1.54) is 0 Å². The van der Waals surface area contributed by atoms with E-state index in [2.05, 4.69) is 27.7 Å². The van der Waals surface area contributed by atoms with Crippen molar-refractivity contribution in [3.63, 3.8) is 0 Å². The fraction of sp³-hybridized carbons (Fsp3) is 0.962. The number of piperidine rings is 2. The van der Waals surface area contributed by atoms with E-state index in [1.54, 1.807) is 27.7 Å². The minimum absolute atomic E-state index is 0.230. The Hall–Kier alpha value is -0.610. The quantitative estimate of drug-likeness (QED) is 0.521. The van der Waals surface area contributed by atoms with Crippen LogP contribution in [-0.4, -0.2) is 83.9 Å². The number of hydrogen-bond acceptors (Lipinski definition) is 8. The van der Waals surface area contributed by atoms with Crippen LogP contribution in [-0.2, 0) is 14.5 Å². The number of aliphatic hydroxyl groups is 3. The number of hydrogen-bond donors (Lipinski definition) is 3. The van der Waals surface area contributed by atoms with Crippen molar-refractivity contribution in [3.8, 4) is 0 Å². The van der Waals surface area contributed by atoms with E-state index >= 15 is 0 Å². The van der Waals surface area contributed by atoms with Crippen LogP contribution >= 0.6 is 0 Å². The molecule has 0 unspecified atom stereocenters. The Morgan fingerprint density at radius 1 is 0.735 bits per heavy atom. The molecule has 2 heterocycles. The number of nitrogens with zero attached hydrogens (tertiary/aromatic N) is 2. The van der Waals surface area contributed by atoms with Gasteiger partial charge in [-0.1, -0.05) is 0 Å². The minimum Gasteiger partial charge on any atom is -0.393 e. The molecule has 3 N–H and O–H groups in total. The van der Waals surface area contributed by atoms with Crippen molar-refractivity contribution in [2.24, 2.45) is 0 Å². The third-order valence-electron chi connectivity index (χ3n) is 6.02. The third-order valence-corrected chi connectivity index (χ3v) is 6.02. The van der Waals surface area contributed by atoms with Gasteiger partial charge < -0.3 is 15.3 Å². The summed E-state index contributed by atoms with van der Waals surface area (Å²) in [5.41, 5.74) is -2.83. The maximum absolute atomic E-state index is 11.7. The normalized spacial score (nSPS) is 25.6. The molecule has 0 aliphatic carbocycles. The van der Waals surface area contributed by atoms with Crippen LogP contribution in [0.4, 0.5) is 0 Å². The molecule has 2 aliphatic rings. The summed E-state index contributed by atoms with van der Waals surface area (Å²) in [5.74, 6) is 0.267. The molecule has 34 heavy (non-hydrogen) atoms. The summed E-state index contributed by atoms with van der Waals surface area (Å²) in [4.78, 5) is 23.3. The molecule has 0 bridgehead atoms. The molecule has 8 nitrogen and oxygen atoms in total. The van der Waals surface area contributed by atoms with Crippen molar-refractivity contribution in [2.75, 3.05) is 13.2 Å². The fourth-order valence-corrected chi connectivity index (χ4v) is 5.35. The number of rotatable bonds is 6. The maximum Gasteiger partial charge on any atom is 0.136 e. The second kappa shape index (κ2) is 10.4. The zero-order chi connectivity index (χ0) is 27.0. The Morgan fingerprint density at radius 3 is 1.32 bits per heavy atom. The molecule has 0 aromatic heterocycles. The lowest BCUT2D eigenvalue weighted by Gasteiger charge is -2.53. The molecule has 0 amide bonds. The topological polar surface area (TPSA) is 103 Å². The lowest BCUT2D eigenvalue weighted by molar-refractivity contribution is -0.306. The molecule has 202 valence electrons. The molecule has 2 saturated heterocycles. The number of Topliss-reactive ketones (excluding diaryl/α,β-unsaturated/α-hetero) is 1. The highest BCUT2D eigenvalue weighted by atomic mass is 16.7. The second-order valence-electron chi connectivity index (χ2n) is 14.0. The minimum atomic E-state index is -0.867. The van der Waals surface area contributed by atoms with Crippen LogP contribution < -0.4 is 0 Å². The molecule has 0 spiro atoms. The van der Waals surface area contributed by atoms with Crippen molar-refractivity contribution in [3.05, 3.63) is 0 Å². The van der Waals surface area contributed by atoms with Crippen LogP contribution in [0.5, 0.6) is 0 Å². The SMILES string of the molecule is CC(C)(O)CON1C(C)(C)CC(=O)CC1(C)C.CC(C)(O)CON1C(C)(C)CC(O)CC1(C)C. The van der Waals surface area contributed by atoms with Gasteiger partial charge in [0.2, 0.25) is 0 Å². The van der Waals surface area contributed by atoms with E-state index in [0.29, 0.717) is 25.7 Å². The molecule has 0 radical (unpaired) electrons. The summed E-state index contributed by atoms with van der Waals surface area (Å²) in [6.07, 6.45) is 2.05. The molecule has 8 heteroatoms. The first-order valence-corrected chi connectivity index (χ1v) is 12.4. The van der Waals surface area contributed by atoms with E-state index in [-0.39, 0.29) is 47.3 Å². The molecule has 0 aromatic carbocycles. The predicted octanol–water partition coefficient (Wildman–Crippen LogP) is 3.61. The number of aliphatic hydroxyl groups excluding tert-OH is 1. The maximum atomic E-state index is 11.7. The van der Waals surface area contributed by atoms with E-state index in [0.717, 1.165) is 0 Å². The third kappa shape index (κ3) is 9.45. The van der Waals surface area contributed by atoms with Gasteiger partial charge in [-0.3, -0.25) is 14.5 Å². The molecule has 2 aliphatic heterocycles. The molecule has 2 fully saturated rings. The summed E-state index contributed by atoms with van der Waals surface area (Å²) in [7, 11) is 0. The average Bonchev–Trinajstić information content (AvgIpc) is 2.47. The first kappa shape index (κ1) is 31.4. The van der Waals surface area contributed by atoms with E-state index in [1.807, 2.05) is 37.8 Å². The van der Waals surface area contributed by atoms with Crippen molar-refractivity contribution in [1.29, 1.82) is 0 Å². The highest BCUT2D eigenvalue weighted by molar-refractivity contribution is 5.81. The van der Waals surface area contributed by atoms with E-state index in [4.69, 9.17) is 9.68 Å². The largest absolute Gasteiger partial charge is 0.393 e. The van der Waals surface area contributed by atoms with Crippen LogP contribution in [0.3, 0.4) is 0 Å². The van der Waals surface area contributed by atoms with Gasteiger partial charge in [0, 0.05) is 35.0 Å². The zero-order valence-electron chi connectivity index (χ0n) is 23.8. The Balaban J connectivity index is 0.000000340. The van der Waals surface area contributed by atoms with Crippen molar-refractivity contribution in [2.45, 2.75) is 148 Å². The van der Waals surface area contributed by atoms with Crippen molar-refractivity contribution in [1.82, 2.24) is 10.1 Å². The summed E-state index contributed by atoms with van der Waals surface area (Å²) in [6.45, 7) is 23.6. The Bertz CT molecular complexity index is 650. The van der Waals surface area contributed by atoms with Crippen LogP contribution in [0.2, 0.25) is 0 Å². The summed E-state index contributed by atoms with van der Waals surface area (Å²) in [6, 6.07) is 0. The van der Waals surface area contributed by atoms with Gasteiger partial charge in [0.15, 0.2) is 0 Å². The van der Waals surface area contributed by atoms with Crippen LogP contribution in [0.15, 0.2) is 0 Å². The summed E-state index contributed by atoms with van der Waals surface area (Å²) >= 11 is 0. The predicted molar refractivity (Wildman–Crippen MR) is 134 cm³/mol. The first-order valence-electron chi connectivity index (χ1n) is 12.4. The van der Waals surface area contributed by atoms with Crippen LogP contribution in [0.1, 0.15) is 109 Å². The van der Waals surface area contributed by atoms with E-state index < -0.39 is 11.2 Å². The van der Waals surface area contributed by atoms with Gasteiger partial charge in [-0.15, -0.1) is 0 Å². The van der Waals surface area contributed by atoms with Gasteiger partial charge in [0.25, 0.3) is 0 Å². The number of hydroxylamine groups is 4. The number of ketones is 1. The standard InChI is InChI=1S/C13H27NO3.C13H25NO3/c2*1-11(2)7-10(15)8-12(3,4)14(11)17-9-13(5,6)16/h10,15-16H,7-9H2,1-6H3;16H,7-9H2,1-6H3. The fourth-order valence-electron chi connectivity index (χ4n) is 5.35. The molecule has 2 rings (SSSR count). The molecule has 0 atom stereocenters. The molecular formula is C26H52N2O6. The monoisotopic (exact) mass is 488 g/mol. The molecular weight excluding hydrogens is 436 g/mol. The zero-order valence-corrected chi connectivity index (χ0v) is 23.8. The van der Waals surface area contributed by atoms with Gasteiger partial charge in [0.1, 0.15) is 5.78 Å². The Labute approximate surface area is 207 Å². The van der Waals surface area contributed by atoms with Crippen molar-refractivity contribution >= 4 is 5.78 Å². The average molecular weight is 489 g/mol. The van der Waals surface area contributed by atoms with Gasteiger partial charge in [-0.2, -0.15) is 10.1 Å². The summed E-state index contributed by atoms with van der Waals surface area (Å²) in [5, 5.41) is 33.2. The first-order chi connectivity index (χ1) is 14.9. The van der Waals surface area contributed by atoms with Gasteiger partial charge in [-0.25, -0.2) is 0 Å². The van der Waals surface area contributed by atoms with Gasteiger partial charge in [0.05, 0.1) is 30.5 Å². The number of carbonyl (C=O) groups is 1. The molecule has 0 aromatic rings.